The van der Waals surface area contributed by atoms with Crippen LogP contribution in [0.5, 0.6) is 0 Å². The summed E-state index contributed by atoms with van der Waals surface area (Å²) in [7, 11) is 0. The average Bonchev–Trinajstić information content (AvgIpc) is 3.50. The summed E-state index contributed by atoms with van der Waals surface area (Å²) >= 11 is 1.59. The standard InChI is InChI=1S/C25H23N7OS/c26-14-16-10-17(27)12-19(11-16)29-25-30-22-6-2-1-5-21(22)24(31-25)32-8-7-18(15-32)28-23(33)13-20-4-3-9-34-20/h1-6,9-12,18H,7-8,13,15,27H2,(H,28,33)(H,29,30,31)/t18-/m0/s1. The number of nitrogens with two attached hydrogens (primary N) is 1. The van der Waals surface area contributed by atoms with Gasteiger partial charge in [0.1, 0.15) is 5.82 Å². The summed E-state index contributed by atoms with van der Waals surface area (Å²) in [6, 6.07) is 19.0. The van der Waals surface area contributed by atoms with Crippen LogP contribution in [0.4, 0.5) is 23.1 Å². The predicted molar refractivity (Wildman–Crippen MR) is 135 cm³/mol. The molecule has 9 heteroatoms. The van der Waals surface area contributed by atoms with E-state index in [4.69, 9.17) is 10.7 Å². The Morgan fingerprint density at radius 2 is 2.09 bits per heavy atom. The SMILES string of the molecule is N#Cc1cc(N)cc(Nc2nc(N3CC[C@H](NC(=O)Cc4cccs4)C3)c3ccccc3n2)c1. The van der Waals surface area contributed by atoms with Crippen molar-refractivity contribution in [3.8, 4) is 6.07 Å². The zero-order chi connectivity index (χ0) is 23.5. The normalized spacial score (nSPS) is 15.3. The lowest BCUT2D eigenvalue weighted by Gasteiger charge is -2.21. The van der Waals surface area contributed by atoms with Crippen molar-refractivity contribution in [3.05, 3.63) is 70.4 Å². The third-order valence-corrected chi connectivity index (χ3v) is 6.57. The van der Waals surface area contributed by atoms with E-state index in [1.54, 1.807) is 29.5 Å². The number of anilines is 4. The number of nitrogens with zero attached hydrogens (tertiary/aromatic N) is 4. The Bertz CT molecular complexity index is 1380. The molecule has 0 aliphatic carbocycles. The van der Waals surface area contributed by atoms with Crippen LogP contribution in [-0.2, 0) is 11.2 Å². The molecular weight excluding hydrogens is 446 g/mol. The molecule has 1 aliphatic rings. The quantitative estimate of drug-likeness (QED) is 0.367. The summed E-state index contributed by atoms with van der Waals surface area (Å²) in [5.41, 5.74) is 8.34. The third-order valence-electron chi connectivity index (χ3n) is 5.69. The number of rotatable bonds is 6. The van der Waals surface area contributed by atoms with Crippen molar-refractivity contribution in [2.24, 2.45) is 0 Å². The molecule has 2 aromatic carbocycles. The average molecular weight is 470 g/mol. The molecule has 1 fully saturated rings. The maximum atomic E-state index is 12.5. The van der Waals surface area contributed by atoms with E-state index < -0.39 is 0 Å². The highest BCUT2D eigenvalue weighted by Gasteiger charge is 2.26. The van der Waals surface area contributed by atoms with E-state index in [9.17, 15) is 10.1 Å². The minimum absolute atomic E-state index is 0.0409. The topological polar surface area (TPSA) is 120 Å². The molecule has 1 atom stereocenters. The second-order valence-corrected chi connectivity index (χ2v) is 9.26. The van der Waals surface area contributed by atoms with Crippen molar-refractivity contribution in [1.29, 1.82) is 5.26 Å². The smallest absolute Gasteiger partial charge is 0.229 e. The molecule has 0 bridgehead atoms. The first-order valence-electron chi connectivity index (χ1n) is 11.0. The van der Waals surface area contributed by atoms with Crippen LogP contribution in [0.3, 0.4) is 0 Å². The van der Waals surface area contributed by atoms with Crippen LogP contribution in [0.1, 0.15) is 16.9 Å². The van der Waals surface area contributed by atoms with E-state index in [1.807, 2.05) is 41.8 Å². The van der Waals surface area contributed by atoms with Crippen molar-refractivity contribution < 1.29 is 4.79 Å². The van der Waals surface area contributed by atoms with E-state index in [-0.39, 0.29) is 11.9 Å². The number of carbonyl (C=O) groups is 1. The van der Waals surface area contributed by atoms with Crippen LogP contribution in [0.2, 0.25) is 0 Å². The number of amides is 1. The molecule has 1 aliphatic heterocycles. The number of aromatic nitrogens is 2. The number of hydrogen-bond acceptors (Lipinski definition) is 8. The van der Waals surface area contributed by atoms with Gasteiger partial charge in [-0.3, -0.25) is 4.79 Å². The van der Waals surface area contributed by atoms with Crippen LogP contribution in [0.15, 0.2) is 60.0 Å². The van der Waals surface area contributed by atoms with Crippen molar-refractivity contribution in [2.75, 3.05) is 29.0 Å². The molecule has 34 heavy (non-hydrogen) atoms. The fraction of sp³-hybridized carbons (Fsp3) is 0.200. The van der Waals surface area contributed by atoms with Gasteiger partial charge in [-0.2, -0.15) is 10.2 Å². The van der Waals surface area contributed by atoms with Gasteiger partial charge in [-0.25, -0.2) is 4.98 Å². The number of fused-ring (bicyclic) bond motifs is 1. The molecule has 4 N–H and O–H groups in total. The number of nitriles is 1. The number of thiophene rings is 1. The molecule has 170 valence electrons. The molecular formula is C25H23N7OS. The number of nitrogens with one attached hydrogen (secondary N) is 2. The molecule has 4 aromatic rings. The van der Waals surface area contributed by atoms with Crippen molar-refractivity contribution >= 4 is 51.3 Å². The van der Waals surface area contributed by atoms with Gasteiger partial charge in [0, 0.05) is 40.8 Å². The van der Waals surface area contributed by atoms with Crippen LogP contribution >= 0.6 is 11.3 Å². The van der Waals surface area contributed by atoms with E-state index >= 15 is 0 Å². The van der Waals surface area contributed by atoms with Crippen molar-refractivity contribution in [3.63, 3.8) is 0 Å². The number of hydrogen-bond donors (Lipinski definition) is 3. The highest BCUT2D eigenvalue weighted by Crippen LogP contribution is 2.29. The monoisotopic (exact) mass is 469 g/mol. The first kappa shape index (κ1) is 21.7. The lowest BCUT2D eigenvalue weighted by molar-refractivity contribution is -0.120. The van der Waals surface area contributed by atoms with Gasteiger partial charge in [0.25, 0.3) is 0 Å². The first-order valence-corrected chi connectivity index (χ1v) is 11.9. The van der Waals surface area contributed by atoms with Crippen molar-refractivity contribution in [2.45, 2.75) is 18.9 Å². The van der Waals surface area contributed by atoms with Gasteiger partial charge in [-0.15, -0.1) is 11.3 Å². The van der Waals surface area contributed by atoms with E-state index in [0.717, 1.165) is 34.6 Å². The third kappa shape index (κ3) is 4.77. The minimum atomic E-state index is 0.0409. The number of para-hydroxylation sites is 1. The van der Waals surface area contributed by atoms with Gasteiger partial charge in [0.2, 0.25) is 11.9 Å². The highest BCUT2D eigenvalue weighted by atomic mass is 32.1. The Balaban J connectivity index is 1.37. The zero-order valence-corrected chi connectivity index (χ0v) is 19.2. The molecule has 1 amide bonds. The Morgan fingerprint density at radius 1 is 1.21 bits per heavy atom. The van der Waals surface area contributed by atoms with Crippen LogP contribution in [0, 0.1) is 11.3 Å². The maximum Gasteiger partial charge on any atom is 0.229 e. The van der Waals surface area contributed by atoms with Gasteiger partial charge in [-0.05, 0) is 48.2 Å². The number of nitrogen functional groups attached to an aromatic ring is 1. The summed E-state index contributed by atoms with van der Waals surface area (Å²) in [5, 5.41) is 18.5. The molecule has 3 heterocycles. The summed E-state index contributed by atoms with van der Waals surface area (Å²) in [4.78, 5) is 25.2. The predicted octanol–water partition coefficient (Wildman–Crippen LogP) is 3.83. The van der Waals surface area contributed by atoms with E-state index in [1.165, 1.54) is 0 Å². The molecule has 2 aromatic heterocycles. The van der Waals surface area contributed by atoms with Crippen molar-refractivity contribution in [1.82, 2.24) is 15.3 Å². The van der Waals surface area contributed by atoms with Crippen LogP contribution in [-0.4, -0.2) is 35.0 Å². The number of carbonyl (C=O) groups excluding carboxylic acids is 1. The second kappa shape index (κ2) is 9.37. The Labute approximate surface area is 201 Å². The maximum absolute atomic E-state index is 12.5. The molecule has 0 radical (unpaired) electrons. The Hall–Kier alpha value is -4.16. The fourth-order valence-corrected chi connectivity index (χ4v) is 4.90. The Kier molecular flexibility index (Phi) is 5.97. The van der Waals surface area contributed by atoms with Crippen LogP contribution in [0.25, 0.3) is 10.9 Å². The highest BCUT2D eigenvalue weighted by molar-refractivity contribution is 7.10. The van der Waals surface area contributed by atoms with E-state index in [2.05, 4.69) is 26.6 Å². The fourth-order valence-electron chi connectivity index (χ4n) is 4.19. The summed E-state index contributed by atoms with van der Waals surface area (Å²) < 4.78 is 0. The van der Waals surface area contributed by atoms with Gasteiger partial charge in [-0.1, -0.05) is 18.2 Å². The molecule has 0 saturated carbocycles. The van der Waals surface area contributed by atoms with Gasteiger partial charge in [0.05, 0.1) is 23.6 Å². The van der Waals surface area contributed by atoms with Gasteiger partial charge < -0.3 is 21.3 Å². The zero-order valence-electron chi connectivity index (χ0n) is 18.4. The first-order chi connectivity index (χ1) is 16.6. The Morgan fingerprint density at radius 3 is 2.91 bits per heavy atom. The molecule has 0 unspecified atom stereocenters. The molecule has 0 spiro atoms. The molecule has 1 saturated heterocycles. The lowest BCUT2D eigenvalue weighted by atomic mass is 10.2. The lowest BCUT2D eigenvalue weighted by Crippen LogP contribution is -2.38. The summed E-state index contributed by atoms with van der Waals surface area (Å²) in [5.74, 6) is 1.28. The van der Waals surface area contributed by atoms with Crippen LogP contribution < -0.4 is 21.3 Å². The van der Waals surface area contributed by atoms with Gasteiger partial charge >= 0.3 is 0 Å². The second-order valence-electron chi connectivity index (χ2n) is 8.22. The molecule has 5 rings (SSSR count). The molecule has 8 nitrogen and oxygen atoms in total. The summed E-state index contributed by atoms with van der Waals surface area (Å²) in [6.07, 6.45) is 1.25. The van der Waals surface area contributed by atoms with E-state index in [0.29, 0.717) is 35.9 Å². The number of benzene rings is 2. The largest absolute Gasteiger partial charge is 0.399 e. The summed E-state index contributed by atoms with van der Waals surface area (Å²) in [6.45, 7) is 1.45. The minimum Gasteiger partial charge on any atom is -0.399 e. The van der Waals surface area contributed by atoms with Gasteiger partial charge in [0.15, 0.2) is 0 Å².